The van der Waals surface area contributed by atoms with E-state index in [1.54, 1.807) is 6.07 Å². The number of rotatable bonds is 2. The third-order valence-corrected chi connectivity index (χ3v) is 4.99. The van der Waals surface area contributed by atoms with Crippen molar-refractivity contribution < 1.29 is 9.13 Å². The summed E-state index contributed by atoms with van der Waals surface area (Å²) in [4.78, 5) is 3.09. The molecule has 0 saturated carbocycles. The fraction of sp³-hybridized carbons (Fsp3) is 0.500. The summed E-state index contributed by atoms with van der Waals surface area (Å²) in [5.74, 6) is -0.279. The molecule has 2 heterocycles. The van der Waals surface area contributed by atoms with Gasteiger partial charge in [-0.3, -0.25) is 0 Å². The highest BCUT2D eigenvalue weighted by molar-refractivity contribution is 9.10. The maximum Gasteiger partial charge on any atom is 0.178 e. The normalized spacial score (nSPS) is 18.6. The Morgan fingerprint density at radius 3 is 2.85 bits per heavy atom. The van der Waals surface area contributed by atoms with Gasteiger partial charge in [0.2, 0.25) is 0 Å². The summed E-state index contributed by atoms with van der Waals surface area (Å²) >= 11 is 8.64. The molecule has 3 rings (SSSR count). The largest absolute Gasteiger partial charge is 0.381 e. The molecule has 0 atom stereocenters. The van der Waals surface area contributed by atoms with Gasteiger partial charge in [0.1, 0.15) is 5.82 Å². The number of imidazole rings is 1. The lowest BCUT2D eigenvalue weighted by molar-refractivity contribution is 0.0158. The Morgan fingerprint density at radius 1 is 1.45 bits per heavy atom. The Balaban J connectivity index is 2.04. The van der Waals surface area contributed by atoms with Crippen LogP contribution < -0.4 is 0 Å². The van der Waals surface area contributed by atoms with Gasteiger partial charge in [0.05, 0.1) is 15.5 Å². The maximum absolute atomic E-state index is 13.6. The van der Waals surface area contributed by atoms with Crippen LogP contribution in [0.1, 0.15) is 19.8 Å². The van der Waals surface area contributed by atoms with E-state index in [-0.39, 0.29) is 11.2 Å². The van der Waals surface area contributed by atoms with Crippen molar-refractivity contribution in [1.29, 1.82) is 0 Å². The molecule has 0 amide bonds. The average molecular weight is 359 g/mol. The van der Waals surface area contributed by atoms with Crippen molar-refractivity contribution in [1.82, 2.24) is 9.55 Å². The summed E-state index contributed by atoms with van der Waals surface area (Å²) < 4.78 is 22.2. The fourth-order valence-electron chi connectivity index (χ4n) is 2.71. The van der Waals surface area contributed by atoms with Gasteiger partial charge in [-0.25, -0.2) is 4.39 Å². The van der Waals surface area contributed by atoms with E-state index in [2.05, 4.69) is 32.4 Å². The van der Waals surface area contributed by atoms with Crippen LogP contribution in [0.2, 0.25) is 0 Å². The minimum Gasteiger partial charge on any atom is -0.381 e. The summed E-state index contributed by atoms with van der Waals surface area (Å²) in [6.07, 6.45) is 2.04. The van der Waals surface area contributed by atoms with Crippen LogP contribution >= 0.6 is 28.1 Å². The van der Waals surface area contributed by atoms with E-state index in [1.807, 2.05) is 0 Å². The molecule has 1 aromatic carbocycles. The van der Waals surface area contributed by atoms with Gasteiger partial charge in [-0.15, -0.1) is 0 Å². The number of H-pyrrole nitrogens is 1. The number of aromatic amines is 1. The smallest absolute Gasteiger partial charge is 0.178 e. The number of fused-ring (bicyclic) bond motifs is 1. The lowest BCUT2D eigenvalue weighted by Gasteiger charge is -2.33. The highest BCUT2D eigenvalue weighted by Crippen LogP contribution is 2.33. The number of hydrogen-bond acceptors (Lipinski definition) is 2. The van der Waals surface area contributed by atoms with Gasteiger partial charge in [-0.1, -0.05) is 6.92 Å². The molecular formula is C14H16BrFN2OS. The van der Waals surface area contributed by atoms with E-state index in [4.69, 9.17) is 17.0 Å². The van der Waals surface area contributed by atoms with Gasteiger partial charge in [-0.05, 0) is 52.5 Å². The van der Waals surface area contributed by atoms with Crippen LogP contribution in [-0.2, 0) is 11.3 Å². The molecule has 1 fully saturated rings. The molecule has 1 saturated heterocycles. The van der Waals surface area contributed by atoms with Crippen LogP contribution in [0.3, 0.4) is 0 Å². The number of ether oxygens (including phenoxy) is 1. The first-order valence-corrected chi connectivity index (χ1v) is 7.84. The third kappa shape index (κ3) is 2.56. The predicted molar refractivity (Wildman–Crippen MR) is 82.9 cm³/mol. The van der Waals surface area contributed by atoms with Crippen LogP contribution in [0, 0.1) is 16.0 Å². The standard InChI is InChI=1S/C14H16BrFN2OS/c1-14(2-4-19-5-3-14)8-18-12-6-9(15)10(16)7-11(12)17-13(18)20/h6-7H,2-5,8H2,1H3,(H,17,20). The van der Waals surface area contributed by atoms with Crippen LogP contribution in [0.25, 0.3) is 11.0 Å². The van der Waals surface area contributed by atoms with Gasteiger partial charge in [0, 0.05) is 25.8 Å². The highest BCUT2D eigenvalue weighted by Gasteiger charge is 2.28. The molecule has 20 heavy (non-hydrogen) atoms. The molecule has 1 N–H and O–H groups in total. The van der Waals surface area contributed by atoms with Gasteiger partial charge in [0.15, 0.2) is 4.77 Å². The zero-order valence-corrected chi connectivity index (χ0v) is 13.6. The first-order valence-electron chi connectivity index (χ1n) is 6.64. The lowest BCUT2D eigenvalue weighted by atomic mass is 9.82. The van der Waals surface area contributed by atoms with Crippen molar-refractivity contribution in [3.8, 4) is 0 Å². The highest BCUT2D eigenvalue weighted by atomic mass is 79.9. The first-order chi connectivity index (χ1) is 9.48. The third-order valence-electron chi connectivity index (χ3n) is 4.06. The van der Waals surface area contributed by atoms with Gasteiger partial charge >= 0.3 is 0 Å². The Kier molecular flexibility index (Phi) is 3.73. The van der Waals surface area contributed by atoms with E-state index in [9.17, 15) is 4.39 Å². The number of nitrogens with zero attached hydrogens (tertiary/aromatic N) is 1. The molecule has 0 bridgehead atoms. The summed E-state index contributed by atoms with van der Waals surface area (Å²) in [5.41, 5.74) is 1.86. The second-order valence-electron chi connectivity index (χ2n) is 5.72. The summed E-state index contributed by atoms with van der Waals surface area (Å²) in [6.45, 7) is 4.68. The quantitative estimate of drug-likeness (QED) is 0.805. The second-order valence-corrected chi connectivity index (χ2v) is 6.96. The van der Waals surface area contributed by atoms with E-state index in [0.29, 0.717) is 9.24 Å². The van der Waals surface area contributed by atoms with E-state index in [1.165, 1.54) is 6.07 Å². The van der Waals surface area contributed by atoms with Crippen molar-refractivity contribution in [2.45, 2.75) is 26.3 Å². The number of aromatic nitrogens is 2. The van der Waals surface area contributed by atoms with Crippen LogP contribution in [0.15, 0.2) is 16.6 Å². The van der Waals surface area contributed by atoms with E-state index < -0.39 is 0 Å². The Hall–Kier alpha value is -0.720. The average Bonchev–Trinajstić information content (AvgIpc) is 2.67. The molecule has 3 nitrogen and oxygen atoms in total. The number of hydrogen-bond donors (Lipinski definition) is 1. The van der Waals surface area contributed by atoms with E-state index in [0.717, 1.165) is 43.6 Å². The summed E-state index contributed by atoms with van der Waals surface area (Å²) in [5, 5.41) is 0. The van der Waals surface area contributed by atoms with Gasteiger partial charge in [0.25, 0.3) is 0 Å². The molecule has 1 aromatic heterocycles. The van der Waals surface area contributed by atoms with Crippen molar-refractivity contribution in [3.05, 3.63) is 27.2 Å². The molecule has 6 heteroatoms. The Morgan fingerprint density at radius 2 is 2.15 bits per heavy atom. The minimum atomic E-state index is -0.279. The molecular weight excluding hydrogens is 343 g/mol. The Labute approximate surface area is 130 Å². The predicted octanol–water partition coefficient (Wildman–Crippen LogP) is 4.42. The number of nitrogens with one attached hydrogen (secondary N) is 1. The SMILES string of the molecule is CC1(Cn2c(=S)[nH]c3cc(F)c(Br)cc32)CCOCC1. The van der Waals surface area contributed by atoms with Gasteiger partial charge < -0.3 is 14.3 Å². The zero-order chi connectivity index (χ0) is 14.3. The lowest BCUT2D eigenvalue weighted by Crippen LogP contribution is -2.31. The van der Waals surface area contributed by atoms with Crippen LogP contribution in [0.4, 0.5) is 4.39 Å². The van der Waals surface area contributed by atoms with Gasteiger partial charge in [-0.2, -0.15) is 0 Å². The molecule has 0 spiro atoms. The van der Waals surface area contributed by atoms with Crippen LogP contribution in [-0.4, -0.2) is 22.8 Å². The minimum absolute atomic E-state index is 0.173. The van der Waals surface area contributed by atoms with Crippen molar-refractivity contribution in [3.63, 3.8) is 0 Å². The Bertz CT molecular complexity index is 703. The van der Waals surface area contributed by atoms with Crippen LogP contribution in [0.5, 0.6) is 0 Å². The topological polar surface area (TPSA) is 29.9 Å². The van der Waals surface area contributed by atoms with E-state index >= 15 is 0 Å². The molecule has 1 aliphatic heterocycles. The maximum atomic E-state index is 13.6. The molecule has 0 radical (unpaired) electrons. The van der Waals surface area contributed by atoms with Crippen molar-refractivity contribution in [2.24, 2.45) is 5.41 Å². The second kappa shape index (κ2) is 5.24. The molecule has 1 aliphatic rings. The fourth-order valence-corrected chi connectivity index (χ4v) is 3.32. The zero-order valence-electron chi connectivity index (χ0n) is 11.2. The summed E-state index contributed by atoms with van der Waals surface area (Å²) in [7, 11) is 0. The molecule has 108 valence electrons. The molecule has 0 aliphatic carbocycles. The number of benzene rings is 1. The van der Waals surface area contributed by atoms with Crippen molar-refractivity contribution >= 4 is 39.2 Å². The molecule has 2 aromatic rings. The molecule has 0 unspecified atom stereocenters. The number of halogens is 2. The first kappa shape index (κ1) is 14.2. The van der Waals surface area contributed by atoms with Crippen molar-refractivity contribution in [2.75, 3.05) is 13.2 Å². The summed E-state index contributed by atoms with van der Waals surface area (Å²) in [6, 6.07) is 3.28. The monoisotopic (exact) mass is 358 g/mol.